The number of fused-ring (bicyclic) bond motifs is 1. The van der Waals surface area contributed by atoms with Crippen molar-refractivity contribution in [3.63, 3.8) is 0 Å². The second-order valence-corrected chi connectivity index (χ2v) is 8.05. The largest absolute Gasteiger partial charge is 0.465 e. The van der Waals surface area contributed by atoms with E-state index in [1.807, 2.05) is 0 Å². The Balaban J connectivity index is 2.06. The van der Waals surface area contributed by atoms with Gasteiger partial charge in [0.15, 0.2) is 0 Å². The van der Waals surface area contributed by atoms with Crippen molar-refractivity contribution in [2.75, 3.05) is 7.11 Å². The summed E-state index contributed by atoms with van der Waals surface area (Å²) >= 11 is 0. The predicted molar refractivity (Wildman–Crippen MR) is 115 cm³/mol. The van der Waals surface area contributed by atoms with E-state index in [-0.39, 0.29) is 13.1 Å². The topological polar surface area (TPSA) is 96.6 Å². The van der Waals surface area contributed by atoms with E-state index in [1.165, 1.54) is 11.7 Å². The van der Waals surface area contributed by atoms with Gasteiger partial charge in [-0.25, -0.2) is 9.59 Å². The van der Waals surface area contributed by atoms with Gasteiger partial charge in [0.2, 0.25) is 0 Å². The van der Waals surface area contributed by atoms with E-state index in [2.05, 4.69) is 4.74 Å². The highest BCUT2D eigenvalue weighted by atomic mass is 16.6. The molecule has 0 unspecified atom stereocenters. The lowest BCUT2D eigenvalue weighted by molar-refractivity contribution is -0.155. The molecule has 0 atom stereocenters. The molecule has 8 heteroatoms. The van der Waals surface area contributed by atoms with Crippen LogP contribution in [-0.2, 0) is 27.4 Å². The zero-order chi connectivity index (χ0) is 22.8. The van der Waals surface area contributed by atoms with Crippen LogP contribution in [0.2, 0.25) is 0 Å². The number of para-hydroxylation sites is 1. The van der Waals surface area contributed by atoms with Gasteiger partial charge in [0.05, 0.1) is 30.1 Å². The average Bonchev–Trinajstić information content (AvgIpc) is 2.73. The van der Waals surface area contributed by atoms with Gasteiger partial charge in [-0.3, -0.25) is 18.7 Å². The highest BCUT2D eigenvalue weighted by molar-refractivity contribution is 5.89. The minimum Gasteiger partial charge on any atom is -0.465 e. The maximum absolute atomic E-state index is 13.2. The summed E-state index contributed by atoms with van der Waals surface area (Å²) in [5, 5.41) is 0.317. The SMILES string of the molecule is COC(=O)c1ccc(Cn2c(=O)c3ccccc3n(CC(=O)OC(C)(C)C)c2=O)cc1. The van der Waals surface area contributed by atoms with Gasteiger partial charge in [0.25, 0.3) is 5.56 Å². The molecular formula is C23H24N2O6. The Hall–Kier alpha value is -3.68. The van der Waals surface area contributed by atoms with Crippen LogP contribution in [0.15, 0.2) is 58.1 Å². The average molecular weight is 424 g/mol. The van der Waals surface area contributed by atoms with Crippen LogP contribution in [0.5, 0.6) is 0 Å². The first-order valence-corrected chi connectivity index (χ1v) is 9.72. The zero-order valence-corrected chi connectivity index (χ0v) is 17.9. The third-order valence-electron chi connectivity index (χ3n) is 4.56. The third-order valence-corrected chi connectivity index (χ3v) is 4.56. The fourth-order valence-corrected chi connectivity index (χ4v) is 3.21. The molecule has 31 heavy (non-hydrogen) atoms. The van der Waals surface area contributed by atoms with Crippen molar-refractivity contribution in [3.8, 4) is 0 Å². The Labute approximate surface area is 178 Å². The Morgan fingerprint density at radius 1 is 0.935 bits per heavy atom. The molecule has 3 rings (SSSR count). The van der Waals surface area contributed by atoms with Gasteiger partial charge < -0.3 is 9.47 Å². The number of methoxy groups -OCH3 is 1. The van der Waals surface area contributed by atoms with Crippen LogP contribution in [0.4, 0.5) is 0 Å². The van der Waals surface area contributed by atoms with Gasteiger partial charge in [0, 0.05) is 0 Å². The number of rotatable bonds is 5. The fraction of sp³-hybridized carbons (Fsp3) is 0.304. The summed E-state index contributed by atoms with van der Waals surface area (Å²) in [7, 11) is 1.29. The molecule has 0 radical (unpaired) electrons. The maximum atomic E-state index is 13.2. The second-order valence-electron chi connectivity index (χ2n) is 8.05. The normalized spacial score (nSPS) is 11.4. The quantitative estimate of drug-likeness (QED) is 0.584. The van der Waals surface area contributed by atoms with Gasteiger partial charge >= 0.3 is 17.6 Å². The van der Waals surface area contributed by atoms with Crippen molar-refractivity contribution in [2.24, 2.45) is 0 Å². The van der Waals surface area contributed by atoms with Crippen LogP contribution >= 0.6 is 0 Å². The highest BCUT2D eigenvalue weighted by Crippen LogP contribution is 2.12. The summed E-state index contributed by atoms with van der Waals surface area (Å²) in [6.07, 6.45) is 0. The van der Waals surface area contributed by atoms with E-state index in [1.54, 1.807) is 69.3 Å². The molecular weight excluding hydrogens is 400 g/mol. The maximum Gasteiger partial charge on any atom is 0.337 e. The van der Waals surface area contributed by atoms with E-state index < -0.39 is 28.8 Å². The smallest absolute Gasteiger partial charge is 0.337 e. The monoisotopic (exact) mass is 424 g/mol. The van der Waals surface area contributed by atoms with E-state index in [0.29, 0.717) is 22.0 Å². The summed E-state index contributed by atoms with van der Waals surface area (Å²) in [5.74, 6) is -1.05. The molecule has 0 bridgehead atoms. The molecule has 2 aromatic carbocycles. The van der Waals surface area contributed by atoms with E-state index in [4.69, 9.17) is 4.74 Å². The summed E-state index contributed by atoms with van der Waals surface area (Å²) in [4.78, 5) is 50.2. The van der Waals surface area contributed by atoms with Crippen molar-refractivity contribution in [1.82, 2.24) is 9.13 Å². The first-order valence-electron chi connectivity index (χ1n) is 9.72. The van der Waals surface area contributed by atoms with Crippen molar-refractivity contribution in [3.05, 3.63) is 80.5 Å². The lowest BCUT2D eigenvalue weighted by Crippen LogP contribution is -2.42. The molecule has 3 aromatic rings. The van der Waals surface area contributed by atoms with Crippen LogP contribution < -0.4 is 11.2 Å². The minimum atomic E-state index is -0.702. The molecule has 0 aliphatic rings. The van der Waals surface area contributed by atoms with Gasteiger partial charge in [-0.05, 0) is 50.6 Å². The van der Waals surface area contributed by atoms with Crippen molar-refractivity contribution in [2.45, 2.75) is 39.5 Å². The fourth-order valence-electron chi connectivity index (χ4n) is 3.21. The number of ether oxygens (including phenoxy) is 2. The molecule has 0 saturated carbocycles. The Bertz CT molecular complexity index is 1250. The Morgan fingerprint density at radius 2 is 1.58 bits per heavy atom. The number of esters is 2. The second kappa shape index (κ2) is 8.59. The summed E-state index contributed by atoms with van der Waals surface area (Å²) in [6, 6.07) is 13.0. The standard InChI is InChI=1S/C23H24N2O6/c1-23(2,3)31-19(26)14-24-18-8-6-5-7-17(18)20(27)25(22(24)29)13-15-9-11-16(12-10-15)21(28)30-4/h5-12H,13-14H2,1-4H3. The molecule has 0 aliphatic heterocycles. The third kappa shape index (κ3) is 4.91. The number of nitrogens with zero attached hydrogens (tertiary/aromatic N) is 2. The highest BCUT2D eigenvalue weighted by Gasteiger charge is 2.20. The first-order chi connectivity index (χ1) is 14.6. The van der Waals surface area contributed by atoms with E-state index in [9.17, 15) is 19.2 Å². The number of hydrogen-bond acceptors (Lipinski definition) is 6. The Morgan fingerprint density at radius 3 is 2.19 bits per heavy atom. The zero-order valence-electron chi connectivity index (χ0n) is 17.9. The number of hydrogen-bond donors (Lipinski definition) is 0. The lowest BCUT2D eigenvalue weighted by Gasteiger charge is -2.20. The van der Waals surface area contributed by atoms with Crippen molar-refractivity contribution < 1.29 is 19.1 Å². The van der Waals surface area contributed by atoms with Crippen LogP contribution in [0.3, 0.4) is 0 Å². The first kappa shape index (κ1) is 22.0. The van der Waals surface area contributed by atoms with Crippen molar-refractivity contribution in [1.29, 1.82) is 0 Å². The summed E-state index contributed by atoms with van der Waals surface area (Å²) in [6.45, 7) is 4.89. The number of aromatic nitrogens is 2. The molecule has 162 valence electrons. The molecule has 1 aromatic heterocycles. The van der Waals surface area contributed by atoms with Crippen LogP contribution in [0.25, 0.3) is 10.9 Å². The Kier molecular flexibility index (Phi) is 6.10. The number of benzene rings is 2. The molecule has 1 heterocycles. The van der Waals surface area contributed by atoms with Gasteiger partial charge in [0.1, 0.15) is 12.1 Å². The van der Waals surface area contributed by atoms with E-state index >= 15 is 0 Å². The molecule has 0 N–H and O–H groups in total. The minimum absolute atomic E-state index is 0.0156. The lowest BCUT2D eigenvalue weighted by atomic mass is 10.1. The van der Waals surface area contributed by atoms with Crippen LogP contribution in [0, 0.1) is 0 Å². The summed E-state index contributed by atoms with van der Waals surface area (Å²) in [5.41, 5.74) is -0.414. The van der Waals surface area contributed by atoms with Gasteiger partial charge in [-0.15, -0.1) is 0 Å². The molecule has 0 aliphatic carbocycles. The predicted octanol–water partition coefficient (Wildman–Crippen LogP) is 2.34. The van der Waals surface area contributed by atoms with Gasteiger partial charge in [-0.2, -0.15) is 0 Å². The molecule has 0 spiro atoms. The van der Waals surface area contributed by atoms with E-state index in [0.717, 1.165) is 4.57 Å². The molecule has 0 amide bonds. The van der Waals surface area contributed by atoms with Crippen LogP contribution in [-0.4, -0.2) is 33.8 Å². The molecule has 8 nitrogen and oxygen atoms in total. The molecule has 0 saturated heterocycles. The van der Waals surface area contributed by atoms with Gasteiger partial charge in [-0.1, -0.05) is 24.3 Å². The number of carbonyl (C=O) groups is 2. The van der Waals surface area contributed by atoms with Crippen molar-refractivity contribution >= 4 is 22.8 Å². The van der Waals surface area contributed by atoms with Crippen LogP contribution in [0.1, 0.15) is 36.7 Å². The number of carbonyl (C=O) groups excluding carboxylic acids is 2. The summed E-state index contributed by atoms with van der Waals surface area (Å²) < 4.78 is 12.3. The molecule has 0 fully saturated rings.